The minimum atomic E-state index is -0.920. The first kappa shape index (κ1) is 15.5. The Bertz CT molecular complexity index is 406. The first-order valence-electron chi connectivity index (χ1n) is 6.81. The van der Waals surface area contributed by atoms with E-state index in [2.05, 4.69) is 0 Å². The quantitative estimate of drug-likeness (QED) is 0.757. The lowest BCUT2D eigenvalue weighted by Gasteiger charge is -2.18. The third-order valence-electron chi connectivity index (χ3n) is 3.07. The lowest BCUT2D eigenvalue weighted by molar-refractivity contribution is -0.145. The second-order valence-corrected chi connectivity index (χ2v) is 4.71. The largest absolute Gasteiger partial charge is 0.479 e. The number of rotatable bonds is 8. The molecule has 2 unspecified atom stereocenters. The van der Waals surface area contributed by atoms with Gasteiger partial charge in [0.05, 0.1) is 0 Å². The Kier molecular flexibility index (Phi) is 6.36. The molecule has 0 saturated carbocycles. The summed E-state index contributed by atoms with van der Waals surface area (Å²) >= 11 is 0. The maximum atomic E-state index is 11.1. The fourth-order valence-electron chi connectivity index (χ4n) is 1.86. The molecule has 0 radical (unpaired) electrons. The van der Waals surface area contributed by atoms with Crippen LogP contribution in [0.4, 0.5) is 0 Å². The highest BCUT2D eigenvalue weighted by molar-refractivity contribution is 5.72. The molecule has 4 heteroatoms. The van der Waals surface area contributed by atoms with Gasteiger partial charge in [-0.1, -0.05) is 38.5 Å². The van der Waals surface area contributed by atoms with Crippen molar-refractivity contribution >= 4 is 5.97 Å². The van der Waals surface area contributed by atoms with E-state index in [1.165, 1.54) is 0 Å². The van der Waals surface area contributed by atoms with Gasteiger partial charge in [0.2, 0.25) is 0 Å². The van der Waals surface area contributed by atoms with Crippen LogP contribution in [0.3, 0.4) is 0 Å². The van der Waals surface area contributed by atoms with Crippen LogP contribution in [0.25, 0.3) is 0 Å². The lowest BCUT2D eigenvalue weighted by Crippen LogP contribution is -2.28. The van der Waals surface area contributed by atoms with Crippen molar-refractivity contribution in [3.05, 3.63) is 29.8 Å². The smallest absolute Gasteiger partial charge is 0.344 e. The number of hydrogen-bond donors (Lipinski definition) is 2. The van der Waals surface area contributed by atoms with E-state index in [0.717, 1.165) is 18.4 Å². The minimum absolute atomic E-state index is 0.0687. The lowest BCUT2D eigenvalue weighted by atomic mass is 10.0. The summed E-state index contributed by atoms with van der Waals surface area (Å²) in [7, 11) is 0. The number of nitrogens with two attached hydrogens (primary N) is 1. The second-order valence-electron chi connectivity index (χ2n) is 4.71. The number of benzene rings is 1. The van der Waals surface area contributed by atoms with Crippen molar-refractivity contribution in [1.29, 1.82) is 0 Å². The highest BCUT2D eigenvalue weighted by Gasteiger charge is 2.19. The van der Waals surface area contributed by atoms with Crippen molar-refractivity contribution in [2.45, 2.75) is 51.7 Å². The molecular formula is C15H23NO3. The summed E-state index contributed by atoms with van der Waals surface area (Å²) in [4.78, 5) is 11.1. The van der Waals surface area contributed by atoms with Crippen molar-refractivity contribution < 1.29 is 14.6 Å². The van der Waals surface area contributed by atoms with Crippen LogP contribution in [0.1, 0.15) is 38.7 Å². The molecule has 1 aromatic rings. The molecule has 0 saturated heterocycles. The molecule has 0 fully saturated rings. The van der Waals surface area contributed by atoms with Gasteiger partial charge in [0, 0.05) is 6.04 Å². The maximum absolute atomic E-state index is 11.1. The van der Waals surface area contributed by atoms with E-state index in [1.54, 1.807) is 0 Å². The number of aliphatic carboxylic acids is 1. The molecule has 3 N–H and O–H groups in total. The first-order valence-corrected chi connectivity index (χ1v) is 6.81. The molecule has 0 bridgehead atoms. The minimum Gasteiger partial charge on any atom is -0.479 e. The fourth-order valence-corrected chi connectivity index (χ4v) is 1.86. The molecule has 0 aliphatic heterocycles. The third kappa shape index (κ3) is 4.91. The summed E-state index contributed by atoms with van der Waals surface area (Å²) in [6.07, 6.45) is 2.07. The van der Waals surface area contributed by atoms with Gasteiger partial charge in [-0.05, 0) is 30.9 Å². The van der Waals surface area contributed by atoms with Crippen molar-refractivity contribution in [3.63, 3.8) is 0 Å². The number of carboxylic acids is 1. The van der Waals surface area contributed by atoms with Crippen molar-refractivity contribution in [2.75, 3.05) is 0 Å². The van der Waals surface area contributed by atoms with Crippen molar-refractivity contribution in [1.82, 2.24) is 0 Å². The van der Waals surface area contributed by atoms with Crippen LogP contribution in [0.2, 0.25) is 0 Å². The summed E-state index contributed by atoms with van der Waals surface area (Å²) in [6.45, 7) is 3.98. The van der Waals surface area contributed by atoms with E-state index >= 15 is 0 Å². The van der Waals surface area contributed by atoms with E-state index in [0.29, 0.717) is 18.6 Å². The zero-order chi connectivity index (χ0) is 14.3. The van der Waals surface area contributed by atoms with Crippen LogP contribution >= 0.6 is 0 Å². The monoisotopic (exact) mass is 265 g/mol. The Hall–Kier alpha value is -1.55. The zero-order valence-corrected chi connectivity index (χ0v) is 11.6. The highest BCUT2D eigenvalue weighted by atomic mass is 16.5. The Labute approximate surface area is 114 Å². The number of ether oxygens (including phenoxy) is 1. The predicted molar refractivity (Wildman–Crippen MR) is 75.4 cm³/mol. The molecule has 0 amide bonds. The Balaban J connectivity index is 2.84. The van der Waals surface area contributed by atoms with E-state index in [-0.39, 0.29) is 6.04 Å². The molecule has 0 aromatic heterocycles. The molecule has 0 aliphatic carbocycles. The topological polar surface area (TPSA) is 72.5 Å². The van der Waals surface area contributed by atoms with Crippen LogP contribution in [0.5, 0.6) is 5.75 Å². The van der Waals surface area contributed by atoms with Gasteiger partial charge in [0.1, 0.15) is 5.75 Å². The van der Waals surface area contributed by atoms with E-state index in [4.69, 9.17) is 15.6 Å². The van der Waals surface area contributed by atoms with Gasteiger partial charge in [0.25, 0.3) is 0 Å². The van der Waals surface area contributed by atoms with Crippen LogP contribution in [-0.2, 0) is 11.2 Å². The van der Waals surface area contributed by atoms with Gasteiger partial charge in [-0.25, -0.2) is 4.79 Å². The van der Waals surface area contributed by atoms with Crippen LogP contribution in [0, 0.1) is 0 Å². The summed E-state index contributed by atoms with van der Waals surface area (Å²) in [6, 6.07) is 7.58. The Morgan fingerprint density at radius 3 is 2.63 bits per heavy atom. The molecule has 0 heterocycles. The fraction of sp³-hybridized carbons (Fsp3) is 0.533. The zero-order valence-electron chi connectivity index (χ0n) is 11.6. The Morgan fingerprint density at radius 2 is 2.05 bits per heavy atom. The highest BCUT2D eigenvalue weighted by Crippen LogP contribution is 2.22. The Morgan fingerprint density at radius 1 is 1.37 bits per heavy atom. The normalized spacial score (nSPS) is 13.8. The second kappa shape index (κ2) is 7.79. The molecule has 4 nitrogen and oxygen atoms in total. The van der Waals surface area contributed by atoms with Gasteiger partial charge in [0.15, 0.2) is 6.10 Å². The molecule has 1 aromatic carbocycles. The first-order chi connectivity index (χ1) is 9.08. The standard InChI is InChI=1S/C15H23NO3/c1-3-7-14(15(17)18)19-13-9-6-5-8-11(13)10-12(16)4-2/h5-6,8-9,12,14H,3-4,7,10,16H2,1-2H3,(H,17,18). The van der Waals surface area contributed by atoms with E-state index < -0.39 is 12.1 Å². The summed E-state index contributed by atoms with van der Waals surface area (Å²) < 4.78 is 5.64. The van der Waals surface area contributed by atoms with Crippen LogP contribution in [-0.4, -0.2) is 23.2 Å². The van der Waals surface area contributed by atoms with Gasteiger partial charge >= 0.3 is 5.97 Å². The summed E-state index contributed by atoms with van der Waals surface area (Å²) in [5.74, 6) is -0.288. The van der Waals surface area contributed by atoms with Crippen LogP contribution < -0.4 is 10.5 Å². The summed E-state index contributed by atoms with van der Waals surface area (Å²) in [5.41, 5.74) is 6.92. The molecule has 0 spiro atoms. The molecule has 19 heavy (non-hydrogen) atoms. The average Bonchev–Trinajstić information content (AvgIpc) is 2.40. The van der Waals surface area contributed by atoms with Crippen molar-refractivity contribution in [3.8, 4) is 5.75 Å². The van der Waals surface area contributed by atoms with Gasteiger partial charge in [-0.15, -0.1) is 0 Å². The number of para-hydroxylation sites is 1. The molecule has 1 rings (SSSR count). The van der Waals surface area contributed by atoms with Crippen molar-refractivity contribution in [2.24, 2.45) is 5.73 Å². The predicted octanol–water partition coefficient (Wildman–Crippen LogP) is 2.60. The van der Waals surface area contributed by atoms with Crippen LogP contribution in [0.15, 0.2) is 24.3 Å². The summed E-state index contributed by atoms with van der Waals surface area (Å²) in [5, 5.41) is 9.13. The van der Waals surface area contributed by atoms with Gasteiger partial charge in [-0.3, -0.25) is 0 Å². The molecule has 106 valence electrons. The van der Waals surface area contributed by atoms with E-state index in [9.17, 15) is 4.79 Å². The van der Waals surface area contributed by atoms with E-state index in [1.807, 2.05) is 38.1 Å². The SMILES string of the molecule is CCCC(Oc1ccccc1CC(N)CC)C(=O)O. The number of hydrogen-bond acceptors (Lipinski definition) is 3. The maximum Gasteiger partial charge on any atom is 0.344 e. The molecular weight excluding hydrogens is 242 g/mol. The number of carbonyl (C=O) groups is 1. The molecule has 0 aliphatic rings. The third-order valence-corrected chi connectivity index (χ3v) is 3.07. The number of carboxylic acid groups (broad SMARTS) is 1. The molecule has 2 atom stereocenters. The van der Waals surface area contributed by atoms with Gasteiger partial charge < -0.3 is 15.6 Å². The van der Waals surface area contributed by atoms with Gasteiger partial charge in [-0.2, -0.15) is 0 Å². The average molecular weight is 265 g/mol.